The molecule has 0 unspecified atom stereocenters. The first kappa shape index (κ1) is 17.6. The minimum absolute atomic E-state index is 0.0187. The van der Waals surface area contributed by atoms with E-state index >= 15 is 0 Å². The van der Waals surface area contributed by atoms with Gasteiger partial charge in [-0.05, 0) is 54.8 Å². The first-order valence-electron chi connectivity index (χ1n) is 8.35. The van der Waals surface area contributed by atoms with Crippen LogP contribution >= 0.6 is 0 Å². The minimum atomic E-state index is -0.381. The van der Waals surface area contributed by atoms with Crippen LogP contribution in [0.1, 0.15) is 16.7 Å². The topological polar surface area (TPSA) is 54.0 Å². The molecule has 0 saturated carbocycles. The molecule has 1 aromatic heterocycles. The predicted octanol–water partition coefficient (Wildman–Crippen LogP) is 4.76. The molecule has 0 spiro atoms. The highest BCUT2D eigenvalue weighted by Crippen LogP contribution is 2.21. The number of halogens is 1. The van der Waals surface area contributed by atoms with Crippen LogP contribution in [-0.2, 0) is 11.2 Å². The Hall–Kier alpha value is -3.21. The first-order chi connectivity index (χ1) is 12.5. The van der Waals surface area contributed by atoms with Gasteiger partial charge in [0.2, 0.25) is 5.91 Å². The average Bonchev–Trinajstić information content (AvgIpc) is 2.62. The van der Waals surface area contributed by atoms with Gasteiger partial charge in [-0.3, -0.25) is 4.79 Å². The van der Waals surface area contributed by atoms with Crippen LogP contribution in [0.4, 0.5) is 21.6 Å². The van der Waals surface area contributed by atoms with Crippen LogP contribution in [-0.4, -0.2) is 10.9 Å². The second-order valence-electron chi connectivity index (χ2n) is 6.19. The molecule has 0 aliphatic heterocycles. The smallest absolute Gasteiger partial charge is 0.228 e. The number of hydrogen-bond donors (Lipinski definition) is 2. The molecule has 1 amide bonds. The Morgan fingerprint density at radius 2 is 1.88 bits per heavy atom. The number of pyridine rings is 1. The molecule has 5 heteroatoms. The predicted molar refractivity (Wildman–Crippen MR) is 102 cm³/mol. The summed E-state index contributed by atoms with van der Waals surface area (Å²) in [6, 6.07) is 16.0. The third-order valence-electron chi connectivity index (χ3n) is 4.01. The molecular formula is C21H20FN3O. The van der Waals surface area contributed by atoms with Crippen molar-refractivity contribution in [3.05, 3.63) is 83.3 Å². The normalized spacial score (nSPS) is 10.4. The lowest BCUT2D eigenvalue weighted by atomic mass is 10.1. The zero-order valence-corrected chi connectivity index (χ0v) is 14.7. The van der Waals surface area contributed by atoms with Gasteiger partial charge in [-0.1, -0.05) is 30.3 Å². The molecule has 0 aliphatic rings. The minimum Gasteiger partial charge on any atom is -0.340 e. The lowest BCUT2D eigenvalue weighted by Crippen LogP contribution is -2.15. The maximum absolute atomic E-state index is 13.6. The van der Waals surface area contributed by atoms with Crippen LogP contribution in [0.2, 0.25) is 0 Å². The first-order valence-corrected chi connectivity index (χ1v) is 8.35. The third-order valence-corrected chi connectivity index (χ3v) is 4.01. The van der Waals surface area contributed by atoms with Crippen molar-refractivity contribution < 1.29 is 9.18 Å². The largest absolute Gasteiger partial charge is 0.340 e. The van der Waals surface area contributed by atoms with E-state index in [4.69, 9.17) is 0 Å². The van der Waals surface area contributed by atoms with E-state index in [1.54, 1.807) is 36.5 Å². The zero-order chi connectivity index (χ0) is 18.5. The van der Waals surface area contributed by atoms with Gasteiger partial charge >= 0.3 is 0 Å². The van der Waals surface area contributed by atoms with E-state index in [1.807, 2.05) is 13.8 Å². The van der Waals surface area contributed by atoms with Gasteiger partial charge in [0.05, 0.1) is 18.3 Å². The summed E-state index contributed by atoms with van der Waals surface area (Å²) >= 11 is 0. The summed E-state index contributed by atoms with van der Waals surface area (Å²) < 4.78 is 13.6. The number of amides is 1. The van der Waals surface area contributed by atoms with Crippen molar-refractivity contribution in [3.8, 4) is 0 Å². The Labute approximate surface area is 152 Å². The Kier molecular flexibility index (Phi) is 5.27. The fourth-order valence-corrected chi connectivity index (χ4v) is 2.57. The molecule has 0 saturated heterocycles. The van der Waals surface area contributed by atoms with Crippen LogP contribution < -0.4 is 10.6 Å². The van der Waals surface area contributed by atoms with Crippen LogP contribution in [0.3, 0.4) is 0 Å². The summed E-state index contributed by atoms with van der Waals surface area (Å²) in [4.78, 5) is 16.4. The van der Waals surface area contributed by atoms with Crippen LogP contribution in [0.15, 0.2) is 60.8 Å². The standard InChI is InChI=1S/C21H20FN3O/c1-14-7-8-15(2)19(11-14)25-20-10-9-17(13-23-20)24-21(26)12-16-5-3-4-6-18(16)22/h3-11,13H,12H2,1-2H3,(H,23,25)(H,24,26). The molecule has 1 heterocycles. The van der Waals surface area contributed by atoms with E-state index in [0.29, 0.717) is 17.1 Å². The number of benzene rings is 2. The highest BCUT2D eigenvalue weighted by atomic mass is 19.1. The second kappa shape index (κ2) is 7.78. The number of rotatable bonds is 5. The van der Waals surface area contributed by atoms with Gasteiger partial charge in [0.1, 0.15) is 11.6 Å². The number of hydrogen-bond acceptors (Lipinski definition) is 3. The van der Waals surface area contributed by atoms with Crippen molar-refractivity contribution in [2.75, 3.05) is 10.6 Å². The molecule has 0 aliphatic carbocycles. The number of nitrogens with one attached hydrogen (secondary N) is 2. The molecule has 3 aromatic rings. The summed E-state index contributed by atoms with van der Waals surface area (Å²) in [6.07, 6.45) is 1.56. The van der Waals surface area contributed by atoms with Crippen molar-refractivity contribution >= 4 is 23.1 Å². The number of carbonyl (C=O) groups is 1. The Morgan fingerprint density at radius 1 is 1.08 bits per heavy atom. The van der Waals surface area contributed by atoms with Crippen molar-refractivity contribution in [1.29, 1.82) is 0 Å². The lowest BCUT2D eigenvalue weighted by molar-refractivity contribution is -0.115. The van der Waals surface area contributed by atoms with Crippen molar-refractivity contribution in [2.24, 2.45) is 0 Å². The molecule has 2 N–H and O–H groups in total. The van der Waals surface area contributed by atoms with Gasteiger partial charge in [0, 0.05) is 5.69 Å². The molecule has 4 nitrogen and oxygen atoms in total. The third kappa shape index (κ3) is 4.45. The average molecular weight is 349 g/mol. The molecule has 26 heavy (non-hydrogen) atoms. The van der Waals surface area contributed by atoms with Crippen LogP contribution in [0.25, 0.3) is 0 Å². The van der Waals surface area contributed by atoms with E-state index in [0.717, 1.165) is 16.8 Å². The van der Waals surface area contributed by atoms with E-state index in [1.165, 1.54) is 6.07 Å². The molecule has 0 atom stereocenters. The summed E-state index contributed by atoms with van der Waals surface area (Å²) in [7, 11) is 0. The summed E-state index contributed by atoms with van der Waals surface area (Å²) in [5.74, 6) is 0.0202. The van der Waals surface area contributed by atoms with Crippen molar-refractivity contribution in [1.82, 2.24) is 4.98 Å². The monoisotopic (exact) mass is 349 g/mol. The van der Waals surface area contributed by atoms with E-state index in [2.05, 4.69) is 33.8 Å². The van der Waals surface area contributed by atoms with Gasteiger partial charge in [-0.2, -0.15) is 0 Å². The molecule has 0 fully saturated rings. The highest BCUT2D eigenvalue weighted by molar-refractivity contribution is 5.92. The van der Waals surface area contributed by atoms with Gasteiger partial charge in [-0.25, -0.2) is 9.37 Å². The molecule has 132 valence electrons. The SMILES string of the molecule is Cc1ccc(C)c(Nc2ccc(NC(=O)Cc3ccccc3F)cn2)c1. The van der Waals surface area contributed by atoms with Gasteiger partial charge in [0.15, 0.2) is 0 Å². The maximum Gasteiger partial charge on any atom is 0.228 e. The summed E-state index contributed by atoms with van der Waals surface area (Å²) in [6.45, 7) is 4.06. The lowest BCUT2D eigenvalue weighted by Gasteiger charge is -2.11. The summed E-state index contributed by atoms with van der Waals surface area (Å²) in [5.41, 5.74) is 4.22. The molecule has 0 bridgehead atoms. The van der Waals surface area contributed by atoms with E-state index in [9.17, 15) is 9.18 Å². The zero-order valence-electron chi connectivity index (χ0n) is 14.7. The van der Waals surface area contributed by atoms with E-state index < -0.39 is 0 Å². The maximum atomic E-state index is 13.6. The number of carbonyl (C=O) groups excluding carboxylic acids is 1. The number of nitrogens with zero attached hydrogens (tertiary/aromatic N) is 1. The fraction of sp³-hybridized carbons (Fsp3) is 0.143. The summed E-state index contributed by atoms with van der Waals surface area (Å²) in [5, 5.41) is 6.00. The van der Waals surface area contributed by atoms with Gasteiger partial charge in [-0.15, -0.1) is 0 Å². The quantitative estimate of drug-likeness (QED) is 0.698. The Bertz CT molecular complexity index is 923. The van der Waals surface area contributed by atoms with E-state index in [-0.39, 0.29) is 18.1 Å². The Balaban J connectivity index is 1.63. The number of aryl methyl sites for hydroxylation is 2. The fourth-order valence-electron chi connectivity index (χ4n) is 2.57. The second-order valence-corrected chi connectivity index (χ2v) is 6.19. The Morgan fingerprint density at radius 3 is 2.62 bits per heavy atom. The van der Waals surface area contributed by atoms with Crippen molar-refractivity contribution in [2.45, 2.75) is 20.3 Å². The molecular weight excluding hydrogens is 329 g/mol. The van der Waals surface area contributed by atoms with Crippen LogP contribution in [0.5, 0.6) is 0 Å². The van der Waals surface area contributed by atoms with Crippen LogP contribution in [0, 0.1) is 19.7 Å². The van der Waals surface area contributed by atoms with Gasteiger partial charge in [0.25, 0.3) is 0 Å². The molecule has 0 radical (unpaired) electrons. The number of aromatic nitrogens is 1. The van der Waals surface area contributed by atoms with Gasteiger partial charge < -0.3 is 10.6 Å². The molecule has 2 aromatic carbocycles. The molecule has 3 rings (SSSR count). The highest BCUT2D eigenvalue weighted by Gasteiger charge is 2.08. The van der Waals surface area contributed by atoms with Crippen molar-refractivity contribution in [3.63, 3.8) is 0 Å². The number of anilines is 3.